The van der Waals surface area contributed by atoms with Crippen molar-refractivity contribution in [1.29, 1.82) is 0 Å². The summed E-state index contributed by atoms with van der Waals surface area (Å²) in [5.74, 6) is 0.736. The molecular weight excluding hydrogens is 96.1 g/mol. The predicted octanol–water partition coefficient (Wildman–Crippen LogP) is 2.15. The van der Waals surface area contributed by atoms with Crippen LogP contribution in [0.25, 0.3) is 0 Å². The van der Waals surface area contributed by atoms with Crippen LogP contribution in [0.4, 0.5) is 0 Å². The van der Waals surface area contributed by atoms with Crippen LogP contribution in [-0.4, -0.2) is 0 Å². The van der Waals surface area contributed by atoms with Gasteiger partial charge in [0.15, 0.2) is 0 Å². The van der Waals surface area contributed by atoms with Gasteiger partial charge in [-0.15, -0.1) is 0 Å². The molecule has 2 aliphatic carbocycles. The lowest BCUT2D eigenvalue weighted by molar-refractivity contribution is 0.855. The van der Waals surface area contributed by atoms with E-state index in [0.29, 0.717) is 0 Å². The van der Waals surface area contributed by atoms with Gasteiger partial charge in [-0.05, 0) is 11.1 Å². The summed E-state index contributed by atoms with van der Waals surface area (Å²) < 4.78 is 0. The van der Waals surface area contributed by atoms with Crippen LogP contribution >= 0.6 is 0 Å². The smallest absolute Gasteiger partial charge is 0.00612 e. The zero-order valence-electron chi connectivity index (χ0n) is 4.89. The van der Waals surface area contributed by atoms with Gasteiger partial charge in [0.25, 0.3) is 0 Å². The highest BCUT2D eigenvalue weighted by molar-refractivity contribution is 5.42. The van der Waals surface area contributed by atoms with Gasteiger partial charge in [-0.25, -0.2) is 0 Å². The number of rotatable bonds is 0. The van der Waals surface area contributed by atoms with E-state index in [9.17, 15) is 0 Å². The molecular formula is C8H8. The van der Waals surface area contributed by atoms with E-state index in [1.165, 1.54) is 11.1 Å². The summed E-state index contributed by atoms with van der Waals surface area (Å²) in [6, 6.07) is 8.71. The second kappa shape index (κ2) is 1.13. The normalized spacial score (nSPS) is 15.6. The first kappa shape index (κ1) is 4.13. The third kappa shape index (κ3) is 0.313. The summed E-state index contributed by atoms with van der Waals surface area (Å²) in [6.07, 6.45) is 0. The molecule has 0 N–H and O–H groups in total. The van der Waals surface area contributed by atoms with Gasteiger partial charge in [-0.2, -0.15) is 0 Å². The van der Waals surface area contributed by atoms with Crippen molar-refractivity contribution in [2.24, 2.45) is 0 Å². The number of hydrogen-bond acceptors (Lipinski definition) is 0. The minimum Gasteiger partial charge on any atom is -0.0617 e. The molecule has 0 atom stereocenters. The molecule has 0 spiro atoms. The van der Waals surface area contributed by atoms with E-state index in [-0.39, 0.29) is 0 Å². The molecule has 1 aromatic carbocycles. The molecule has 0 unspecified atom stereocenters. The minimum absolute atomic E-state index is 0.736. The second-order valence-electron chi connectivity index (χ2n) is 2.39. The quantitative estimate of drug-likeness (QED) is 0.473. The Morgan fingerprint density at radius 1 is 1.25 bits per heavy atom. The maximum absolute atomic E-state index is 2.24. The molecule has 8 heavy (non-hydrogen) atoms. The van der Waals surface area contributed by atoms with Crippen molar-refractivity contribution in [3.8, 4) is 0 Å². The molecule has 1 aromatic rings. The second-order valence-corrected chi connectivity index (χ2v) is 2.39. The van der Waals surface area contributed by atoms with Crippen molar-refractivity contribution in [3.63, 3.8) is 0 Å². The van der Waals surface area contributed by atoms with Gasteiger partial charge in [0.05, 0.1) is 0 Å². The monoisotopic (exact) mass is 104 g/mol. The Morgan fingerprint density at radius 3 is 2.12 bits per heavy atom. The van der Waals surface area contributed by atoms with Crippen LogP contribution in [0.2, 0.25) is 0 Å². The Kier molecular flexibility index (Phi) is 0.587. The minimum atomic E-state index is 0.736. The third-order valence-electron chi connectivity index (χ3n) is 1.91. The van der Waals surface area contributed by atoms with Crippen LogP contribution in [-0.2, 0) is 0 Å². The summed E-state index contributed by atoms with van der Waals surface area (Å²) in [6.45, 7) is 2.24. The van der Waals surface area contributed by atoms with Gasteiger partial charge in [-0.3, -0.25) is 0 Å². The third-order valence-corrected chi connectivity index (χ3v) is 1.91. The Labute approximate surface area is 49.2 Å². The topological polar surface area (TPSA) is 0 Å². The fourth-order valence-corrected chi connectivity index (χ4v) is 1.19. The molecule has 0 radical (unpaired) electrons. The van der Waals surface area contributed by atoms with E-state index < -0.39 is 0 Å². The average Bonchev–Trinajstić information content (AvgIpc) is 1.89. The Balaban J connectivity index is 2.64. The SMILES string of the molecule is CC1c2cccc1c2. The van der Waals surface area contributed by atoms with Crippen molar-refractivity contribution >= 4 is 0 Å². The summed E-state index contributed by atoms with van der Waals surface area (Å²) >= 11 is 0. The first-order chi connectivity index (χ1) is 3.88. The largest absolute Gasteiger partial charge is 0.0617 e. The number of hydrogen-bond donors (Lipinski definition) is 0. The van der Waals surface area contributed by atoms with E-state index in [4.69, 9.17) is 0 Å². The fraction of sp³-hybridized carbons (Fsp3) is 0.250. The van der Waals surface area contributed by atoms with Crippen LogP contribution in [0, 0.1) is 0 Å². The summed E-state index contributed by atoms with van der Waals surface area (Å²) in [5, 5.41) is 0. The maximum Gasteiger partial charge on any atom is 0.00612 e. The zero-order chi connectivity index (χ0) is 5.56. The maximum atomic E-state index is 2.24. The number of benzene rings is 1. The van der Waals surface area contributed by atoms with Gasteiger partial charge in [-0.1, -0.05) is 31.2 Å². The first-order valence-corrected chi connectivity index (χ1v) is 2.98. The van der Waals surface area contributed by atoms with E-state index in [1.807, 2.05) is 0 Å². The zero-order valence-corrected chi connectivity index (χ0v) is 4.89. The van der Waals surface area contributed by atoms with Crippen LogP contribution < -0.4 is 0 Å². The molecule has 40 valence electrons. The molecule has 0 heterocycles. The Morgan fingerprint density at radius 2 is 1.88 bits per heavy atom. The van der Waals surface area contributed by atoms with Gasteiger partial charge in [0, 0.05) is 5.92 Å². The predicted molar refractivity (Wildman–Crippen MR) is 34.0 cm³/mol. The van der Waals surface area contributed by atoms with E-state index in [0.717, 1.165) is 5.92 Å². The Bertz CT molecular complexity index is 186. The van der Waals surface area contributed by atoms with Crippen LogP contribution in [0.3, 0.4) is 0 Å². The molecule has 0 heteroatoms. The van der Waals surface area contributed by atoms with Gasteiger partial charge < -0.3 is 0 Å². The highest BCUT2D eigenvalue weighted by atomic mass is 14.2. The molecule has 2 aliphatic rings. The van der Waals surface area contributed by atoms with E-state index in [2.05, 4.69) is 31.2 Å². The highest BCUT2D eigenvalue weighted by Gasteiger charge is 2.16. The molecule has 0 nitrogen and oxygen atoms in total. The summed E-state index contributed by atoms with van der Waals surface area (Å²) in [4.78, 5) is 0. The first-order valence-electron chi connectivity index (χ1n) is 2.98. The lowest BCUT2D eigenvalue weighted by atomic mass is 9.82. The van der Waals surface area contributed by atoms with Crippen LogP contribution in [0.15, 0.2) is 24.3 Å². The number of fused-ring (bicyclic) bond motifs is 2. The van der Waals surface area contributed by atoms with Crippen molar-refractivity contribution in [2.45, 2.75) is 12.8 Å². The van der Waals surface area contributed by atoms with Crippen molar-refractivity contribution in [3.05, 3.63) is 35.4 Å². The van der Waals surface area contributed by atoms with Crippen molar-refractivity contribution < 1.29 is 0 Å². The Hall–Kier alpha value is -0.780. The lowest BCUT2D eigenvalue weighted by Gasteiger charge is -2.22. The molecule has 3 rings (SSSR count). The van der Waals surface area contributed by atoms with Crippen molar-refractivity contribution in [1.82, 2.24) is 0 Å². The van der Waals surface area contributed by atoms with Gasteiger partial charge >= 0.3 is 0 Å². The van der Waals surface area contributed by atoms with Gasteiger partial charge in [0.2, 0.25) is 0 Å². The standard InChI is InChI=1S/C8H8/c1-6-7-3-2-4-8(6)5-7/h2-6H,1H3. The molecule has 0 aromatic heterocycles. The molecule has 0 saturated heterocycles. The van der Waals surface area contributed by atoms with E-state index >= 15 is 0 Å². The molecule has 2 bridgehead atoms. The summed E-state index contributed by atoms with van der Waals surface area (Å²) in [7, 11) is 0. The van der Waals surface area contributed by atoms with Crippen LogP contribution in [0.5, 0.6) is 0 Å². The average molecular weight is 104 g/mol. The molecule has 0 amide bonds. The highest BCUT2D eigenvalue weighted by Crippen LogP contribution is 2.33. The summed E-state index contributed by atoms with van der Waals surface area (Å²) in [5.41, 5.74) is 2.98. The molecule has 0 fully saturated rings. The van der Waals surface area contributed by atoms with Crippen molar-refractivity contribution in [2.75, 3.05) is 0 Å². The fourth-order valence-electron chi connectivity index (χ4n) is 1.19. The van der Waals surface area contributed by atoms with Crippen LogP contribution in [0.1, 0.15) is 24.0 Å². The van der Waals surface area contributed by atoms with Gasteiger partial charge in [0.1, 0.15) is 0 Å². The molecule has 0 aliphatic heterocycles. The molecule has 0 saturated carbocycles. The van der Waals surface area contributed by atoms with E-state index in [1.54, 1.807) is 0 Å². The lowest BCUT2D eigenvalue weighted by Crippen LogP contribution is -2.05.